The highest BCUT2D eigenvalue weighted by Gasteiger charge is 2.13. The van der Waals surface area contributed by atoms with Crippen molar-refractivity contribution in [1.82, 2.24) is 19.9 Å². The molecule has 2 heterocycles. The van der Waals surface area contributed by atoms with Gasteiger partial charge in [-0.3, -0.25) is 14.2 Å². The third-order valence-corrected chi connectivity index (χ3v) is 5.42. The number of carbonyl (C=O) groups excluding carboxylic acids is 1. The zero-order valence-corrected chi connectivity index (χ0v) is 16.9. The van der Waals surface area contributed by atoms with Crippen molar-refractivity contribution in [2.24, 2.45) is 0 Å². The van der Waals surface area contributed by atoms with Gasteiger partial charge in [0.2, 0.25) is 5.91 Å². The fraction of sp³-hybridized carbons (Fsp3) is 0.261. The number of fused-ring (bicyclic) bond motifs is 2. The number of rotatable bonds is 5. The lowest BCUT2D eigenvalue weighted by Crippen LogP contribution is -2.34. The molecular formula is C23H24N4O2. The number of benzene rings is 2. The van der Waals surface area contributed by atoms with Gasteiger partial charge < -0.3 is 10.3 Å². The monoisotopic (exact) mass is 388 g/mol. The summed E-state index contributed by atoms with van der Waals surface area (Å²) in [5, 5.41) is 4.10. The largest absolute Gasteiger partial charge is 0.361 e. The van der Waals surface area contributed by atoms with Gasteiger partial charge in [0, 0.05) is 23.6 Å². The third kappa shape index (κ3) is 3.66. The molecule has 4 rings (SSSR count). The highest BCUT2D eigenvalue weighted by molar-refractivity contribution is 5.83. The second kappa shape index (κ2) is 7.54. The zero-order chi connectivity index (χ0) is 20.5. The Morgan fingerprint density at radius 2 is 1.90 bits per heavy atom. The molecule has 0 bridgehead atoms. The maximum absolute atomic E-state index is 12.6. The number of aromatic nitrogens is 3. The van der Waals surface area contributed by atoms with Crippen molar-refractivity contribution >= 4 is 27.8 Å². The van der Waals surface area contributed by atoms with Gasteiger partial charge >= 0.3 is 0 Å². The Morgan fingerprint density at radius 3 is 2.72 bits per heavy atom. The van der Waals surface area contributed by atoms with E-state index in [1.165, 1.54) is 9.95 Å². The van der Waals surface area contributed by atoms with Crippen molar-refractivity contribution in [3.8, 4) is 0 Å². The van der Waals surface area contributed by atoms with Crippen molar-refractivity contribution < 1.29 is 4.79 Å². The van der Waals surface area contributed by atoms with Gasteiger partial charge in [-0.15, -0.1) is 0 Å². The number of H-pyrrole nitrogens is 1. The Hall–Kier alpha value is -3.41. The zero-order valence-electron chi connectivity index (χ0n) is 16.9. The van der Waals surface area contributed by atoms with E-state index in [0.29, 0.717) is 17.8 Å². The summed E-state index contributed by atoms with van der Waals surface area (Å²) in [7, 11) is 0. The fourth-order valence-electron chi connectivity index (χ4n) is 3.66. The quantitative estimate of drug-likeness (QED) is 0.551. The number of aryl methyl sites for hydroxylation is 3. The van der Waals surface area contributed by atoms with Gasteiger partial charge in [0.05, 0.1) is 11.0 Å². The molecule has 0 spiro atoms. The summed E-state index contributed by atoms with van der Waals surface area (Å²) in [6.45, 7) is 6.18. The van der Waals surface area contributed by atoms with Crippen molar-refractivity contribution in [3.05, 3.63) is 75.3 Å². The predicted octanol–water partition coefficient (Wildman–Crippen LogP) is 3.16. The van der Waals surface area contributed by atoms with Crippen LogP contribution in [-0.2, 0) is 17.8 Å². The summed E-state index contributed by atoms with van der Waals surface area (Å²) in [5.74, 6) is -0.183. The number of nitrogens with zero attached hydrogens (tertiary/aromatic N) is 2. The van der Waals surface area contributed by atoms with Crippen LogP contribution in [0.4, 0.5) is 0 Å². The van der Waals surface area contributed by atoms with Gasteiger partial charge in [-0.25, -0.2) is 4.98 Å². The lowest BCUT2D eigenvalue weighted by molar-refractivity contribution is -0.121. The van der Waals surface area contributed by atoms with Crippen molar-refractivity contribution in [2.45, 2.75) is 33.7 Å². The Balaban J connectivity index is 1.51. The van der Waals surface area contributed by atoms with E-state index in [1.807, 2.05) is 50.4 Å². The first-order valence-corrected chi connectivity index (χ1v) is 9.74. The predicted molar refractivity (Wildman–Crippen MR) is 115 cm³/mol. The molecule has 0 unspecified atom stereocenters. The first-order valence-electron chi connectivity index (χ1n) is 9.74. The van der Waals surface area contributed by atoms with Gasteiger partial charge in [-0.2, -0.15) is 0 Å². The normalized spacial score (nSPS) is 11.3. The van der Waals surface area contributed by atoms with Gasteiger partial charge in [0.25, 0.3) is 5.56 Å². The number of amides is 1. The molecule has 0 saturated carbocycles. The number of carbonyl (C=O) groups is 1. The van der Waals surface area contributed by atoms with Crippen molar-refractivity contribution in [1.29, 1.82) is 0 Å². The average Bonchev–Trinajstić information content (AvgIpc) is 3.11. The van der Waals surface area contributed by atoms with Crippen LogP contribution in [0.3, 0.4) is 0 Å². The van der Waals surface area contributed by atoms with Gasteiger partial charge in [-0.05, 0) is 62.1 Å². The van der Waals surface area contributed by atoms with Crippen LogP contribution in [0.15, 0.2) is 47.4 Å². The molecule has 2 N–H and O–H groups in total. The van der Waals surface area contributed by atoms with Crippen LogP contribution < -0.4 is 10.9 Å². The van der Waals surface area contributed by atoms with Crippen LogP contribution in [0.5, 0.6) is 0 Å². The van der Waals surface area contributed by atoms with Gasteiger partial charge in [-0.1, -0.05) is 18.2 Å². The molecule has 4 aromatic rings. The molecule has 148 valence electrons. The summed E-state index contributed by atoms with van der Waals surface area (Å²) >= 11 is 0. The minimum Gasteiger partial charge on any atom is -0.361 e. The van der Waals surface area contributed by atoms with E-state index < -0.39 is 0 Å². The second-order valence-corrected chi connectivity index (χ2v) is 7.47. The minimum absolute atomic E-state index is 0.0188. The molecule has 2 aromatic carbocycles. The standard InChI is InChI=1S/C23H24N4O2/c1-14-10-20-21(11-15(14)2)27(23(29)16(3)26-20)13-22(28)24-9-8-17-12-25-19-7-5-4-6-18(17)19/h4-7,10-12,25H,8-9,13H2,1-3H3,(H,24,28). The lowest BCUT2D eigenvalue weighted by atomic mass is 10.1. The van der Waals surface area contributed by atoms with E-state index in [4.69, 9.17) is 0 Å². The number of aromatic amines is 1. The minimum atomic E-state index is -0.229. The number of hydrogen-bond donors (Lipinski definition) is 2. The fourth-order valence-corrected chi connectivity index (χ4v) is 3.66. The Kier molecular flexibility index (Phi) is 4.92. The van der Waals surface area contributed by atoms with Crippen molar-refractivity contribution in [3.63, 3.8) is 0 Å². The van der Waals surface area contributed by atoms with E-state index in [0.717, 1.165) is 34.1 Å². The molecule has 0 fully saturated rings. The topological polar surface area (TPSA) is 79.8 Å². The summed E-state index contributed by atoms with van der Waals surface area (Å²) in [5.41, 5.74) is 6.01. The molecule has 1 amide bonds. The number of para-hydroxylation sites is 1. The molecule has 6 heteroatoms. The molecule has 0 radical (unpaired) electrons. The van der Waals surface area contributed by atoms with Crippen molar-refractivity contribution in [2.75, 3.05) is 6.54 Å². The molecule has 0 aliphatic carbocycles. The third-order valence-electron chi connectivity index (χ3n) is 5.42. The summed E-state index contributed by atoms with van der Waals surface area (Å²) in [6, 6.07) is 12.0. The summed E-state index contributed by atoms with van der Waals surface area (Å²) in [6.07, 6.45) is 2.70. The Bertz CT molecular complexity index is 1280. The van der Waals surface area contributed by atoms with Crippen LogP contribution in [0, 0.1) is 20.8 Å². The second-order valence-electron chi connectivity index (χ2n) is 7.47. The van der Waals surface area contributed by atoms with Crippen LogP contribution in [0.25, 0.3) is 21.9 Å². The lowest BCUT2D eigenvalue weighted by Gasteiger charge is -2.13. The van der Waals surface area contributed by atoms with Crippen LogP contribution >= 0.6 is 0 Å². The van der Waals surface area contributed by atoms with E-state index in [1.54, 1.807) is 6.92 Å². The molecular weight excluding hydrogens is 364 g/mol. The molecule has 6 nitrogen and oxygen atoms in total. The number of hydrogen-bond acceptors (Lipinski definition) is 3. The smallest absolute Gasteiger partial charge is 0.272 e. The molecule has 0 aliphatic heterocycles. The molecule has 0 aliphatic rings. The van der Waals surface area contributed by atoms with Crippen LogP contribution in [-0.4, -0.2) is 27.0 Å². The summed E-state index contributed by atoms with van der Waals surface area (Å²) in [4.78, 5) is 32.8. The maximum atomic E-state index is 12.6. The Morgan fingerprint density at radius 1 is 1.14 bits per heavy atom. The number of nitrogens with one attached hydrogen (secondary N) is 2. The van der Waals surface area contributed by atoms with Crippen LogP contribution in [0.1, 0.15) is 22.4 Å². The highest BCUT2D eigenvalue weighted by Crippen LogP contribution is 2.18. The van der Waals surface area contributed by atoms with E-state index >= 15 is 0 Å². The molecule has 0 saturated heterocycles. The van der Waals surface area contributed by atoms with E-state index in [9.17, 15) is 9.59 Å². The molecule has 29 heavy (non-hydrogen) atoms. The molecule has 2 aromatic heterocycles. The first kappa shape index (κ1) is 18.9. The van der Waals surface area contributed by atoms with E-state index in [-0.39, 0.29) is 18.0 Å². The first-order chi connectivity index (χ1) is 13.9. The Labute approximate surface area is 168 Å². The highest BCUT2D eigenvalue weighted by atomic mass is 16.2. The SMILES string of the molecule is Cc1cc2nc(C)c(=O)n(CC(=O)NCCc3c[nH]c4ccccc34)c2cc1C. The average molecular weight is 388 g/mol. The molecule has 0 atom stereocenters. The van der Waals surface area contributed by atoms with Crippen LogP contribution in [0.2, 0.25) is 0 Å². The van der Waals surface area contributed by atoms with Gasteiger partial charge in [0.1, 0.15) is 12.2 Å². The van der Waals surface area contributed by atoms with Gasteiger partial charge in [0.15, 0.2) is 0 Å². The maximum Gasteiger partial charge on any atom is 0.272 e. The van der Waals surface area contributed by atoms with E-state index in [2.05, 4.69) is 21.4 Å². The summed E-state index contributed by atoms with van der Waals surface area (Å²) < 4.78 is 1.52.